The first-order chi connectivity index (χ1) is 25.3. The Morgan fingerprint density at radius 3 is 2.32 bits per heavy atom. The average molecular weight is 744 g/mol. The van der Waals surface area contributed by atoms with E-state index in [-0.39, 0.29) is 27.8 Å². The lowest BCUT2D eigenvalue weighted by Crippen LogP contribution is -2.56. The molecule has 2 saturated heterocycles. The molecule has 2 saturated carbocycles. The maximum Gasteiger partial charge on any atom is 0.293 e. The van der Waals surface area contributed by atoms with Crippen LogP contribution < -0.4 is 14.9 Å². The van der Waals surface area contributed by atoms with Gasteiger partial charge in [0.2, 0.25) is 0 Å². The molecule has 4 aliphatic rings. The Balaban J connectivity index is 0.918. The van der Waals surface area contributed by atoms with Gasteiger partial charge in [0.1, 0.15) is 5.69 Å². The second-order valence-corrected chi connectivity index (χ2v) is 18.1. The number of piperidine rings is 2. The SMILES string of the molecule is Cc1ccccc1[C@@H]1CCCCN1C1CC2(CCN(c3ccc(C(=O)NS(=O)(=O)c4ccc(NCC5CCC(C)(O)CC5)c([N+](=O)[O-])c4)cc3)CC2)C1. The van der Waals surface area contributed by atoms with Gasteiger partial charge in [-0.25, -0.2) is 13.1 Å². The van der Waals surface area contributed by atoms with Crippen molar-refractivity contribution in [2.24, 2.45) is 11.3 Å². The van der Waals surface area contributed by atoms with Crippen molar-refractivity contribution < 1.29 is 23.2 Å². The summed E-state index contributed by atoms with van der Waals surface area (Å²) < 4.78 is 28.5. The predicted molar refractivity (Wildman–Crippen MR) is 207 cm³/mol. The van der Waals surface area contributed by atoms with E-state index in [1.54, 1.807) is 12.1 Å². The van der Waals surface area contributed by atoms with Crippen LogP contribution in [0.2, 0.25) is 0 Å². The molecule has 3 N–H and O–H groups in total. The first-order valence-electron chi connectivity index (χ1n) is 19.3. The Bertz CT molecular complexity index is 1910. The molecule has 11 nitrogen and oxygen atoms in total. The van der Waals surface area contributed by atoms with Crippen LogP contribution in [-0.4, -0.2) is 67.1 Å². The van der Waals surface area contributed by atoms with E-state index in [1.807, 2.05) is 19.1 Å². The van der Waals surface area contributed by atoms with Crippen LogP contribution >= 0.6 is 0 Å². The predicted octanol–water partition coefficient (Wildman–Crippen LogP) is 7.35. The van der Waals surface area contributed by atoms with E-state index in [0.29, 0.717) is 36.9 Å². The number of nitrogens with one attached hydrogen (secondary N) is 2. The Morgan fingerprint density at radius 2 is 1.64 bits per heavy atom. The highest BCUT2D eigenvalue weighted by atomic mass is 32.2. The number of likely N-dealkylation sites (tertiary alicyclic amines) is 1. The second kappa shape index (κ2) is 15.0. The quantitative estimate of drug-likeness (QED) is 0.143. The molecule has 0 bridgehead atoms. The number of carbonyl (C=O) groups excluding carboxylic acids is 1. The van der Waals surface area contributed by atoms with Gasteiger partial charge < -0.3 is 15.3 Å². The molecule has 284 valence electrons. The molecule has 1 atom stereocenters. The fourth-order valence-corrected chi connectivity index (χ4v) is 10.3. The minimum atomic E-state index is -4.38. The minimum Gasteiger partial charge on any atom is -0.390 e. The number of nitro groups is 1. The Hall–Kier alpha value is -4.00. The zero-order chi connectivity index (χ0) is 37.4. The summed E-state index contributed by atoms with van der Waals surface area (Å²) in [4.78, 5) is 29.1. The summed E-state index contributed by atoms with van der Waals surface area (Å²) in [5.74, 6) is -0.553. The molecule has 53 heavy (non-hydrogen) atoms. The molecule has 1 spiro atoms. The lowest BCUT2D eigenvalue weighted by atomic mass is 9.59. The van der Waals surface area contributed by atoms with Crippen LogP contribution in [0, 0.1) is 28.4 Å². The maximum absolute atomic E-state index is 13.2. The molecule has 3 aromatic rings. The van der Waals surface area contributed by atoms with E-state index >= 15 is 0 Å². The van der Waals surface area contributed by atoms with Gasteiger partial charge in [-0.05, 0) is 143 Å². The molecule has 2 aliphatic carbocycles. The first kappa shape index (κ1) is 37.3. The average Bonchev–Trinajstić information content (AvgIpc) is 3.13. The van der Waals surface area contributed by atoms with Gasteiger partial charge in [-0.2, -0.15) is 0 Å². The van der Waals surface area contributed by atoms with Gasteiger partial charge in [-0.3, -0.25) is 19.8 Å². The third kappa shape index (κ3) is 8.24. The van der Waals surface area contributed by atoms with Crippen LogP contribution in [0.25, 0.3) is 0 Å². The summed E-state index contributed by atoms with van der Waals surface area (Å²) in [6.07, 6.45) is 11.5. The van der Waals surface area contributed by atoms with Gasteiger partial charge in [0.15, 0.2) is 0 Å². The highest BCUT2D eigenvalue weighted by Crippen LogP contribution is 2.53. The van der Waals surface area contributed by atoms with Crippen LogP contribution in [0.15, 0.2) is 71.6 Å². The highest BCUT2D eigenvalue weighted by molar-refractivity contribution is 7.90. The van der Waals surface area contributed by atoms with Gasteiger partial charge in [0, 0.05) is 49.0 Å². The number of anilines is 2. The molecule has 3 aromatic carbocycles. The fourth-order valence-electron chi connectivity index (χ4n) is 9.31. The van der Waals surface area contributed by atoms with Crippen molar-refractivity contribution in [2.75, 3.05) is 36.4 Å². The molecule has 0 aromatic heterocycles. The number of aryl methyl sites for hydroxylation is 1. The summed E-state index contributed by atoms with van der Waals surface area (Å²) in [5, 5.41) is 25.2. The molecule has 4 fully saturated rings. The number of sulfonamides is 1. The third-order valence-corrected chi connectivity index (χ3v) is 14.0. The first-order valence-corrected chi connectivity index (χ1v) is 20.8. The van der Waals surface area contributed by atoms with Crippen molar-refractivity contribution in [3.05, 3.63) is 93.5 Å². The highest BCUT2D eigenvalue weighted by Gasteiger charge is 2.49. The number of amides is 1. The van der Waals surface area contributed by atoms with Crippen molar-refractivity contribution in [1.29, 1.82) is 0 Å². The topological polar surface area (TPSA) is 145 Å². The molecular formula is C41H53N5O6S. The molecule has 2 heterocycles. The zero-order valence-corrected chi connectivity index (χ0v) is 31.7. The van der Waals surface area contributed by atoms with Gasteiger partial charge >= 0.3 is 0 Å². The summed E-state index contributed by atoms with van der Waals surface area (Å²) in [6, 6.07) is 20.6. The number of carbonyl (C=O) groups is 1. The Labute approximate surface area is 313 Å². The monoisotopic (exact) mass is 743 g/mol. The number of hydrogen-bond donors (Lipinski definition) is 3. The van der Waals surface area contributed by atoms with Crippen molar-refractivity contribution in [1.82, 2.24) is 9.62 Å². The van der Waals surface area contributed by atoms with E-state index in [0.717, 1.165) is 50.5 Å². The minimum absolute atomic E-state index is 0.191. The maximum atomic E-state index is 13.2. The van der Waals surface area contributed by atoms with Gasteiger partial charge in [-0.15, -0.1) is 0 Å². The molecule has 1 amide bonds. The lowest BCUT2D eigenvalue weighted by molar-refractivity contribution is -0.384. The van der Waals surface area contributed by atoms with E-state index in [1.165, 1.54) is 61.9 Å². The number of nitrogens with zero attached hydrogens (tertiary/aromatic N) is 3. The summed E-state index contributed by atoms with van der Waals surface area (Å²) >= 11 is 0. The number of benzene rings is 3. The zero-order valence-electron chi connectivity index (χ0n) is 30.9. The summed E-state index contributed by atoms with van der Waals surface area (Å²) in [7, 11) is -4.38. The molecule has 2 aliphatic heterocycles. The second-order valence-electron chi connectivity index (χ2n) is 16.4. The van der Waals surface area contributed by atoms with Gasteiger partial charge in [0.05, 0.1) is 15.4 Å². The van der Waals surface area contributed by atoms with Crippen LogP contribution in [0.3, 0.4) is 0 Å². The number of aliphatic hydroxyl groups is 1. The van der Waals surface area contributed by atoms with Crippen molar-refractivity contribution in [3.8, 4) is 0 Å². The largest absolute Gasteiger partial charge is 0.390 e. The fraction of sp³-hybridized carbons (Fsp3) is 0.537. The molecule has 7 rings (SSSR count). The normalized spacial score (nSPS) is 25.1. The Morgan fingerprint density at radius 1 is 0.943 bits per heavy atom. The van der Waals surface area contributed by atoms with Crippen LogP contribution in [0.5, 0.6) is 0 Å². The molecule has 12 heteroatoms. The number of nitro benzene ring substituents is 1. The van der Waals surface area contributed by atoms with Crippen LogP contribution in [0.4, 0.5) is 17.1 Å². The van der Waals surface area contributed by atoms with E-state index < -0.39 is 26.5 Å². The van der Waals surface area contributed by atoms with E-state index in [9.17, 15) is 28.4 Å². The smallest absolute Gasteiger partial charge is 0.293 e. The lowest BCUT2D eigenvalue weighted by Gasteiger charge is -2.57. The van der Waals surface area contributed by atoms with Crippen LogP contribution in [-0.2, 0) is 10.0 Å². The van der Waals surface area contributed by atoms with E-state index in [4.69, 9.17) is 0 Å². The van der Waals surface area contributed by atoms with Crippen LogP contribution in [0.1, 0.15) is 105 Å². The molecule has 0 unspecified atom stereocenters. The number of rotatable bonds is 10. The number of hydrogen-bond acceptors (Lipinski definition) is 9. The summed E-state index contributed by atoms with van der Waals surface area (Å²) in [5.41, 5.74) is 3.62. The Kier molecular flexibility index (Phi) is 10.6. The van der Waals surface area contributed by atoms with Gasteiger partial charge in [-0.1, -0.05) is 30.7 Å². The third-order valence-electron chi connectivity index (χ3n) is 12.7. The molecular weight excluding hydrogens is 691 g/mol. The van der Waals surface area contributed by atoms with Crippen molar-refractivity contribution in [3.63, 3.8) is 0 Å². The van der Waals surface area contributed by atoms with Gasteiger partial charge in [0.25, 0.3) is 21.6 Å². The standard InChI is InChI=1S/C41H53N5O6S/c1-29-7-3-4-8-35(29)37-9-5-6-22-45(37)33-26-41(27-33)20-23-44(24-21-41)32-12-10-31(11-13-32)39(47)43-53(51,52)34-14-15-36(38(25-34)46(49)50)42-28-30-16-18-40(2,48)19-17-30/h3-4,7-8,10-15,25,30,33,37,42,48H,5-6,9,16-24,26-28H2,1-2H3,(H,43,47)/t30?,37-,40?/m0/s1. The molecule has 0 radical (unpaired) electrons. The van der Waals surface area contributed by atoms with Crippen molar-refractivity contribution in [2.45, 2.75) is 107 Å². The van der Waals surface area contributed by atoms with Crippen molar-refractivity contribution >= 4 is 33.0 Å². The summed E-state index contributed by atoms with van der Waals surface area (Å²) in [6.45, 7) is 7.60. The van der Waals surface area contributed by atoms with E-state index in [2.05, 4.69) is 51.0 Å².